The smallest absolute Gasteiger partial charge is 0.417 e. The maximum atomic E-state index is 13.4. The molecule has 2 aromatic rings. The molecule has 0 bridgehead atoms. The summed E-state index contributed by atoms with van der Waals surface area (Å²) in [5.41, 5.74) is -0.634. The molecule has 1 aliphatic heterocycles. The van der Waals surface area contributed by atoms with Crippen LogP contribution in [0.5, 0.6) is 0 Å². The average molecular weight is 472 g/mol. The van der Waals surface area contributed by atoms with Crippen molar-refractivity contribution in [2.75, 3.05) is 24.5 Å². The van der Waals surface area contributed by atoms with Gasteiger partial charge in [0.1, 0.15) is 5.82 Å². The van der Waals surface area contributed by atoms with Crippen LogP contribution in [-0.4, -0.2) is 54.0 Å². The number of rotatable bonds is 5. The predicted molar refractivity (Wildman–Crippen MR) is 112 cm³/mol. The molecule has 0 aliphatic carbocycles. The Kier molecular flexibility index (Phi) is 6.27. The first-order valence-electron chi connectivity index (χ1n) is 9.84. The lowest BCUT2D eigenvalue weighted by molar-refractivity contribution is -0.138. The van der Waals surface area contributed by atoms with E-state index in [2.05, 4.69) is 4.98 Å². The van der Waals surface area contributed by atoms with Crippen LogP contribution in [0, 0.1) is 6.92 Å². The highest BCUT2D eigenvalue weighted by atomic mass is 32.2. The molecular weight excluding hydrogens is 447 g/mol. The van der Waals surface area contributed by atoms with Gasteiger partial charge in [-0.3, -0.25) is 4.79 Å². The molecular formula is C21H24F3N3O4S. The first kappa shape index (κ1) is 24.0. The number of pyridine rings is 1. The van der Waals surface area contributed by atoms with Crippen LogP contribution in [0.25, 0.3) is 0 Å². The third-order valence-electron chi connectivity index (χ3n) is 5.48. The molecule has 174 valence electrons. The number of benzene rings is 1. The second-order valence-electron chi connectivity index (χ2n) is 8.37. The zero-order chi connectivity index (χ0) is 23.9. The van der Waals surface area contributed by atoms with E-state index in [-0.39, 0.29) is 31.0 Å². The molecule has 1 N–H and O–H groups in total. The van der Waals surface area contributed by atoms with Gasteiger partial charge in [-0.05, 0) is 56.2 Å². The van der Waals surface area contributed by atoms with Crippen molar-refractivity contribution in [1.82, 2.24) is 9.29 Å². The fourth-order valence-corrected chi connectivity index (χ4v) is 5.63. The van der Waals surface area contributed by atoms with Crippen molar-refractivity contribution in [3.05, 3.63) is 53.2 Å². The van der Waals surface area contributed by atoms with Gasteiger partial charge in [0.15, 0.2) is 0 Å². The monoisotopic (exact) mass is 471 g/mol. The number of nitrogens with zero attached hydrogens (tertiary/aromatic N) is 3. The standard InChI is InChI=1S/C21H24F3N3O4S/c1-14-4-6-17(10-15(14)11-19(28)29)32(30,31)27-9-8-26(13-20(27,2)3)18-7-5-16(12-25-18)21(22,23)24/h4-7,10,12H,8-9,11,13H2,1-3H3,(H,28,29). The van der Waals surface area contributed by atoms with Crippen molar-refractivity contribution in [2.45, 2.75) is 43.8 Å². The number of aromatic nitrogens is 1. The summed E-state index contributed by atoms with van der Waals surface area (Å²) in [5, 5.41) is 9.08. The van der Waals surface area contributed by atoms with Gasteiger partial charge < -0.3 is 10.0 Å². The summed E-state index contributed by atoms with van der Waals surface area (Å²) in [6.07, 6.45) is -4.00. The molecule has 7 nitrogen and oxygen atoms in total. The lowest BCUT2D eigenvalue weighted by atomic mass is 10.0. The minimum atomic E-state index is -4.48. The lowest BCUT2D eigenvalue weighted by Crippen LogP contribution is -2.61. The minimum absolute atomic E-state index is 0.00790. The molecule has 11 heteroatoms. The summed E-state index contributed by atoms with van der Waals surface area (Å²) in [6, 6.07) is 6.66. The zero-order valence-electron chi connectivity index (χ0n) is 17.8. The topological polar surface area (TPSA) is 90.8 Å². The van der Waals surface area contributed by atoms with E-state index in [1.165, 1.54) is 22.5 Å². The maximum absolute atomic E-state index is 13.4. The van der Waals surface area contributed by atoms with E-state index in [4.69, 9.17) is 5.11 Å². The summed E-state index contributed by atoms with van der Waals surface area (Å²) < 4.78 is 66.5. The third-order valence-corrected chi connectivity index (χ3v) is 7.58. The average Bonchev–Trinajstić information content (AvgIpc) is 2.67. The van der Waals surface area contributed by atoms with Crippen molar-refractivity contribution in [3.8, 4) is 0 Å². The highest BCUT2D eigenvalue weighted by Gasteiger charge is 2.42. The molecule has 32 heavy (non-hydrogen) atoms. The van der Waals surface area contributed by atoms with Crippen LogP contribution >= 0.6 is 0 Å². The number of aryl methyl sites for hydroxylation is 1. The Morgan fingerprint density at radius 1 is 1.19 bits per heavy atom. The van der Waals surface area contributed by atoms with Crippen LogP contribution in [0.15, 0.2) is 41.4 Å². The van der Waals surface area contributed by atoms with Crippen molar-refractivity contribution in [1.29, 1.82) is 0 Å². The molecule has 0 atom stereocenters. The Hall–Kier alpha value is -2.66. The quantitative estimate of drug-likeness (QED) is 0.720. The zero-order valence-corrected chi connectivity index (χ0v) is 18.7. The molecule has 1 saturated heterocycles. The third kappa shape index (κ3) is 4.88. The van der Waals surface area contributed by atoms with Crippen molar-refractivity contribution in [3.63, 3.8) is 0 Å². The number of halogens is 3. The number of hydrogen-bond acceptors (Lipinski definition) is 5. The summed E-state index contributed by atoms with van der Waals surface area (Å²) >= 11 is 0. The highest BCUT2D eigenvalue weighted by molar-refractivity contribution is 7.89. The molecule has 1 aliphatic rings. The highest BCUT2D eigenvalue weighted by Crippen LogP contribution is 2.33. The van der Waals surface area contributed by atoms with Crippen molar-refractivity contribution >= 4 is 21.8 Å². The SMILES string of the molecule is Cc1ccc(S(=O)(=O)N2CCN(c3ccc(C(F)(F)F)cn3)CC2(C)C)cc1CC(=O)O. The normalized spacial score (nSPS) is 17.4. The number of carboxylic acids is 1. The van der Waals surface area contributed by atoms with Gasteiger partial charge in [-0.2, -0.15) is 17.5 Å². The number of sulfonamides is 1. The second-order valence-corrected chi connectivity index (χ2v) is 10.2. The lowest BCUT2D eigenvalue weighted by Gasteiger charge is -2.46. The van der Waals surface area contributed by atoms with E-state index in [0.29, 0.717) is 16.9 Å². The van der Waals surface area contributed by atoms with Crippen LogP contribution in [0.1, 0.15) is 30.5 Å². The van der Waals surface area contributed by atoms with Crippen molar-refractivity contribution in [2.24, 2.45) is 0 Å². The van der Waals surface area contributed by atoms with E-state index in [9.17, 15) is 26.4 Å². The van der Waals surface area contributed by atoms with E-state index >= 15 is 0 Å². The van der Waals surface area contributed by atoms with Crippen LogP contribution in [0.2, 0.25) is 0 Å². The Morgan fingerprint density at radius 2 is 1.88 bits per heavy atom. The Labute approximate surface area is 184 Å². The number of alkyl halides is 3. The molecule has 1 fully saturated rings. The van der Waals surface area contributed by atoms with E-state index in [0.717, 1.165) is 12.3 Å². The van der Waals surface area contributed by atoms with Gasteiger partial charge in [-0.1, -0.05) is 6.07 Å². The van der Waals surface area contributed by atoms with E-state index in [1.807, 2.05) is 0 Å². The molecule has 3 rings (SSSR count). The molecule has 0 amide bonds. The first-order chi connectivity index (χ1) is 14.7. The molecule has 1 aromatic carbocycles. The summed E-state index contributed by atoms with van der Waals surface area (Å²) in [7, 11) is -3.93. The fraction of sp³-hybridized carbons (Fsp3) is 0.429. The number of carbonyl (C=O) groups is 1. The number of carboxylic acid groups (broad SMARTS) is 1. The summed E-state index contributed by atoms with van der Waals surface area (Å²) in [6.45, 7) is 5.74. The van der Waals surface area contributed by atoms with Gasteiger partial charge in [0, 0.05) is 31.4 Å². The van der Waals surface area contributed by atoms with Crippen LogP contribution in [0.3, 0.4) is 0 Å². The molecule has 1 aromatic heterocycles. The summed E-state index contributed by atoms with van der Waals surface area (Å²) in [4.78, 5) is 16.8. The van der Waals surface area contributed by atoms with E-state index < -0.39 is 33.3 Å². The Morgan fingerprint density at radius 3 is 2.41 bits per heavy atom. The van der Waals surface area contributed by atoms with Gasteiger partial charge in [0.25, 0.3) is 0 Å². The molecule has 0 spiro atoms. The fourth-order valence-electron chi connectivity index (χ4n) is 3.81. The van der Waals surface area contributed by atoms with Gasteiger partial charge in [-0.15, -0.1) is 0 Å². The second kappa shape index (κ2) is 8.36. The molecule has 0 radical (unpaired) electrons. The Balaban J connectivity index is 1.84. The van der Waals surface area contributed by atoms with Crippen LogP contribution in [0.4, 0.5) is 19.0 Å². The molecule has 0 unspecified atom stereocenters. The molecule has 0 saturated carbocycles. The Bertz CT molecular complexity index is 1120. The number of aliphatic carboxylic acids is 1. The number of piperazine rings is 1. The summed E-state index contributed by atoms with van der Waals surface area (Å²) in [5.74, 6) is -0.720. The number of hydrogen-bond donors (Lipinski definition) is 1. The van der Waals surface area contributed by atoms with Gasteiger partial charge in [0.2, 0.25) is 10.0 Å². The van der Waals surface area contributed by atoms with Crippen LogP contribution in [-0.2, 0) is 27.4 Å². The largest absolute Gasteiger partial charge is 0.481 e. The predicted octanol–water partition coefficient (Wildman–Crippen LogP) is 3.33. The van der Waals surface area contributed by atoms with Gasteiger partial charge in [0.05, 0.1) is 16.9 Å². The van der Waals surface area contributed by atoms with E-state index in [1.54, 1.807) is 31.7 Å². The van der Waals surface area contributed by atoms with Crippen LogP contribution < -0.4 is 4.90 Å². The van der Waals surface area contributed by atoms with Crippen molar-refractivity contribution < 1.29 is 31.5 Å². The first-order valence-corrected chi connectivity index (χ1v) is 11.3. The minimum Gasteiger partial charge on any atom is -0.481 e. The maximum Gasteiger partial charge on any atom is 0.417 e. The van der Waals surface area contributed by atoms with Gasteiger partial charge in [-0.25, -0.2) is 13.4 Å². The van der Waals surface area contributed by atoms with Gasteiger partial charge >= 0.3 is 12.1 Å². The number of anilines is 1. The molecule has 2 heterocycles.